The Bertz CT molecular complexity index is 668. The van der Waals surface area contributed by atoms with Gasteiger partial charge in [-0.1, -0.05) is 12.1 Å². The molecule has 0 fully saturated rings. The van der Waals surface area contributed by atoms with Gasteiger partial charge in [-0.05, 0) is 32.9 Å². The van der Waals surface area contributed by atoms with Crippen molar-refractivity contribution in [2.75, 3.05) is 0 Å². The van der Waals surface area contributed by atoms with Gasteiger partial charge in [0.15, 0.2) is 5.43 Å². The Hall–Kier alpha value is -2.14. The van der Waals surface area contributed by atoms with Gasteiger partial charge in [0.1, 0.15) is 5.69 Å². The summed E-state index contributed by atoms with van der Waals surface area (Å²) < 4.78 is 0. The molecule has 5 heteroatoms. The second-order valence-electron chi connectivity index (χ2n) is 5.24. The molecule has 0 saturated carbocycles. The molecule has 0 aliphatic heterocycles. The molecular weight excluding hydrogens is 244 g/mol. The fourth-order valence-electron chi connectivity index (χ4n) is 1.57. The van der Waals surface area contributed by atoms with Crippen molar-refractivity contribution in [1.82, 2.24) is 10.5 Å². The van der Waals surface area contributed by atoms with Crippen molar-refractivity contribution in [3.8, 4) is 0 Å². The van der Waals surface area contributed by atoms with Crippen LogP contribution >= 0.6 is 0 Å². The van der Waals surface area contributed by atoms with Gasteiger partial charge in [-0.3, -0.25) is 14.4 Å². The maximum Gasteiger partial charge on any atom is 0.291 e. The summed E-state index contributed by atoms with van der Waals surface area (Å²) in [4.78, 5) is 31.8. The van der Waals surface area contributed by atoms with E-state index < -0.39 is 11.5 Å². The van der Waals surface area contributed by atoms with Gasteiger partial charge in [-0.15, -0.1) is 0 Å². The van der Waals surface area contributed by atoms with Crippen molar-refractivity contribution in [1.29, 1.82) is 0 Å². The number of aromatic nitrogens is 1. The van der Waals surface area contributed by atoms with Crippen LogP contribution in [0.3, 0.4) is 0 Å². The van der Waals surface area contributed by atoms with Crippen LogP contribution in [0.2, 0.25) is 0 Å². The monoisotopic (exact) mass is 260 g/mol. The average molecular weight is 260 g/mol. The minimum Gasteiger partial charge on any atom is -0.350 e. The predicted octanol–water partition coefficient (Wildman–Crippen LogP) is 1.99. The fraction of sp³-hybridized carbons (Fsp3) is 0.286. The number of carbonyl (C=O) groups is 1. The van der Waals surface area contributed by atoms with E-state index in [2.05, 4.69) is 10.5 Å². The first-order valence-electron chi connectivity index (χ1n) is 5.97. The first-order valence-corrected chi connectivity index (χ1v) is 5.97. The Morgan fingerprint density at radius 1 is 1.26 bits per heavy atom. The third kappa shape index (κ3) is 3.20. The van der Waals surface area contributed by atoms with E-state index in [0.717, 1.165) is 0 Å². The van der Waals surface area contributed by atoms with Crippen LogP contribution in [0.4, 0.5) is 0 Å². The third-order valence-electron chi connectivity index (χ3n) is 2.43. The first-order chi connectivity index (χ1) is 8.87. The standard InChI is InChI=1S/C14H16N2O3/c1-14(2,3)19-16-13(18)11-8-12(17)9-6-4-5-7-10(9)15-11/h4-8H,1-3H3,(H,15,17)(H,16,18). The van der Waals surface area contributed by atoms with E-state index in [4.69, 9.17) is 4.84 Å². The number of carbonyl (C=O) groups excluding carboxylic acids is 1. The lowest BCUT2D eigenvalue weighted by Gasteiger charge is -2.18. The average Bonchev–Trinajstić information content (AvgIpc) is 2.35. The molecule has 100 valence electrons. The summed E-state index contributed by atoms with van der Waals surface area (Å²) in [5, 5.41) is 0.552. The highest BCUT2D eigenvalue weighted by molar-refractivity contribution is 5.94. The van der Waals surface area contributed by atoms with Gasteiger partial charge in [0.2, 0.25) is 0 Å². The fourth-order valence-corrected chi connectivity index (χ4v) is 1.57. The van der Waals surface area contributed by atoms with E-state index in [1.165, 1.54) is 6.07 Å². The number of aromatic amines is 1. The third-order valence-corrected chi connectivity index (χ3v) is 2.43. The van der Waals surface area contributed by atoms with Crippen molar-refractivity contribution >= 4 is 16.8 Å². The van der Waals surface area contributed by atoms with Crippen LogP contribution < -0.4 is 10.9 Å². The minimum atomic E-state index is -0.493. The molecule has 5 nitrogen and oxygen atoms in total. The number of amides is 1. The van der Waals surface area contributed by atoms with Crippen molar-refractivity contribution in [2.24, 2.45) is 0 Å². The number of hydrogen-bond donors (Lipinski definition) is 2. The van der Waals surface area contributed by atoms with E-state index in [0.29, 0.717) is 10.9 Å². The number of para-hydroxylation sites is 1. The van der Waals surface area contributed by atoms with E-state index in [1.807, 2.05) is 20.8 Å². The Morgan fingerprint density at radius 2 is 1.95 bits per heavy atom. The zero-order valence-electron chi connectivity index (χ0n) is 11.1. The number of H-pyrrole nitrogens is 1. The summed E-state index contributed by atoms with van der Waals surface area (Å²) in [5.74, 6) is -0.474. The molecule has 0 spiro atoms. The summed E-state index contributed by atoms with van der Waals surface area (Å²) in [6, 6.07) is 8.30. The summed E-state index contributed by atoms with van der Waals surface area (Å²) in [6.45, 7) is 5.45. The second kappa shape index (κ2) is 4.85. The number of pyridine rings is 1. The highest BCUT2D eigenvalue weighted by Crippen LogP contribution is 2.08. The molecule has 1 amide bonds. The van der Waals surface area contributed by atoms with Gasteiger partial charge in [-0.25, -0.2) is 5.48 Å². The molecule has 2 N–H and O–H groups in total. The van der Waals surface area contributed by atoms with Gasteiger partial charge in [-0.2, -0.15) is 0 Å². The summed E-state index contributed by atoms with van der Waals surface area (Å²) >= 11 is 0. The molecule has 0 bridgehead atoms. The maximum atomic E-state index is 11.9. The lowest BCUT2D eigenvalue weighted by atomic mass is 10.2. The molecule has 1 heterocycles. The van der Waals surface area contributed by atoms with Gasteiger partial charge in [0.25, 0.3) is 5.91 Å². The van der Waals surface area contributed by atoms with Crippen LogP contribution in [0.15, 0.2) is 35.1 Å². The normalized spacial score (nSPS) is 11.5. The quantitative estimate of drug-likeness (QED) is 0.811. The van der Waals surface area contributed by atoms with E-state index in [-0.39, 0.29) is 11.1 Å². The van der Waals surface area contributed by atoms with Gasteiger partial charge in [0, 0.05) is 17.0 Å². The van der Waals surface area contributed by atoms with Crippen LogP contribution in [0.5, 0.6) is 0 Å². The summed E-state index contributed by atoms with van der Waals surface area (Å²) in [5.41, 5.74) is 2.42. The van der Waals surface area contributed by atoms with Crippen LogP contribution in [0.1, 0.15) is 31.3 Å². The molecule has 1 aromatic carbocycles. The zero-order valence-corrected chi connectivity index (χ0v) is 11.1. The van der Waals surface area contributed by atoms with Crippen LogP contribution in [-0.2, 0) is 4.84 Å². The van der Waals surface area contributed by atoms with Crippen molar-refractivity contribution in [3.05, 3.63) is 46.2 Å². The lowest BCUT2D eigenvalue weighted by molar-refractivity contribution is -0.0591. The Kier molecular flexibility index (Phi) is 3.40. The first kappa shape index (κ1) is 13.3. The molecule has 0 aliphatic rings. The predicted molar refractivity (Wildman–Crippen MR) is 72.9 cm³/mol. The maximum absolute atomic E-state index is 11.9. The van der Waals surface area contributed by atoms with Crippen LogP contribution in [0, 0.1) is 0 Å². The molecule has 1 aromatic heterocycles. The van der Waals surface area contributed by atoms with E-state index >= 15 is 0 Å². The topological polar surface area (TPSA) is 71.2 Å². The molecule has 19 heavy (non-hydrogen) atoms. The Balaban J connectivity index is 2.31. The highest BCUT2D eigenvalue weighted by atomic mass is 16.7. The Labute approximate surface area is 110 Å². The van der Waals surface area contributed by atoms with Gasteiger partial charge < -0.3 is 4.98 Å². The molecule has 0 radical (unpaired) electrons. The van der Waals surface area contributed by atoms with Crippen LogP contribution in [0.25, 0.3) is 10.9 Å². The number of benzene rings is 1. The minimum absolute atomic E-state index is 0.174. The van der Waals surface area contributed by atoms with E-state index in [1.54, 1.807) is 24.3 Å². The van der Waals surface area contributed by atoms with Gasteiger partial charge in [0.05, 0.1) is 5.60 Å². The van der Waals surface area contributed by atoms with Crippen molar-refractivity contribution in [2.45, 2.75) is 26.4 Å². The largest absolute Gasteiger partial charge is 0.350 e. The van der Waals surface area contributed by atoms with E-state index in [9.17, 15) is 9.59 Å². The van der Waals surface area contributed by atoms with Crippen LogP contribution in [-0.4, -0.2) is 16.5 Å². The molecular formula is C14H16N2O3. The molecule has 0 atom stereocenters. The van der Waals surface area contributed by atoms with Crippen molar-refractivity contribution < 1.29 is 9.63 Å². The number of fused-ring (bicyclic) bond motifs is 1. The molecule has 0 aliphatic carbocycles. The molecule has 2 rings (SSSR count). The summed E-state index contributed by atoms with van der Waals surface area (Å²) in [6.07, 6.45) is 0. The molecule has 0 saturated heterocycles. The number of hydroxylamine groups is 1. The number of rotatable bonds is 2. The number of nitrogens with one attached hydrogen (secondary N) is 2. The smallest absolute Gasteiger partial charge is 0.291 e. The Morgan fingerprint density at radius 3 is 2.63 bits per heavy atom. The second-order valence-corrected chi connectivity index (χ2v) is 5.24. The SMILES string of the molecule is CC(C)(C)ONC(=O)c1cc(=O)c2ccccc2[nH]1. The summed E-state index contributed by atoms with van der Waals surface area (Å²) in [7, 11) is 0. The lowest BCUT2D eigenvalue weighted by Crippen LogP contribution is -2.34. The molecule has 0 unspecified atom stereocenters. The highest BCUT2D eigenvalue weighted by Gasteiger charge is 2.15. The zero-order chi connectivity index (χ0) is 14.0. The molecule has 2 aromatic rings. The number of hydrogen-bond acceptors (Lipinski definition) is 3. The van der Waals surface area contributed by atoms with Gasteiger partial charge >= 0.3 is 0 Å². The van der Waals surface area contributed by atoms with Crippen molar-refractivity contribution in [3.63, 3.8) is 0 Å².